The highest BCUT2D eigenvalue weighted by atomic mass is 16.6. The summed E-state index contributed by atoms with van der Waals surface area (Å²) in [5.74, 6) is 0.0481. The Labute approximate surface area is 108 Å². The van der Waals surface area contributed by atoms with Gasteiger partial charge < -0.3 is 20.6 Å². The summed E-state index contributed by atoms with van der Waals surface area (Å²) in [6.45, 7) is 2.08. The second-order valence-corrected chi connectivity index (χ2v) is 3.91. The molecule has 0 amide bonds. The number of aromatic nitrogens is 1. The number of rotatable bonds is 3. The summed E-state index contributed by atoms with van der Waals surface area (Å²) in [5, 5.41) is 22.5. The first-order chi connectivity index (χ1) is 9.13. The number of pyridine rings is 1. The van der Waals surface area contributed by atoms with Gasteiger partial charge in [0.1, 0.15) is 0 Å². The van der Waals surface area contributed by atoms with Gasteiger partial charge in [-0.1, -0.05) is 5.16 Å². The Morgan fingerprint density at radius 2 is 2.26 bits per heavy atom. The van der Waals surface area contributed by atoms with Gasteiger partial charge in [-0.3, -0.25) is 10.1 Å². The number of nitro groups is 1. The molecule has 2 heterocycles. The Morgan fingerprint density at radius 1 is 1.58 bits per heavy atom. The van der Waals surface area contributed by atoms with Crippen LogP contribution in [0.4, 0.5) is 11.5 Å². The van der Waals surface area contributed by atoms with Gasteiger partial charge in [-0.2, -0.15) is 0 Å². The summed E-state index contributed by atoms with van der Waals surface area (Å²) < 4.78 is 5.19. The number of anilines is 1. The van der Waals surface area contributed by atoms with Crippen LogP contribution in [0.2, 0.25) is 0 Å². The summed E-state index contributed by atoms with van der Waals surface area (Å²) in [5.41, 5.74) is 5.42. The van der Waals surface area contributed by atoms with E-state index in [1.165, 1.54) is 12.3 Å². The van der Waals surface area contributed by atoms with E-state index in [1.54, 1.807) is 4.90 Å². The van der Waals surface area contributed by atoms with Crippen molar-refractivity contribution in [3.8, 4) is 0 Å². The molecule has 9 nitrogen and oxygen atoms in total. The van der Waals surface area contributed by atoms with Gasteiger partial charge in [0.25, 0.3) is 0 Å². The van der Waals surface area contributed by atoms with Crippen LogP contribution in [0.5, 0.6) is 0 Å². The van der Waals surface area contributed by atoms with E-state index in [0.29, 0.717) is 26.3 Å². The maximum absolute atomic E-state index is 11.1. The molecule has 3 N–H and O–H groups in total. The van der Waals surface area contributed by atoms with Crippen LogP contribution in [0.25, 0.3) is 0 Å². The van der Waals surface area contributed by atoms with E-state index in [1.807, 2.05) is 0 Å². The lowest BCUT2D eigenvalue weighted by atomic mass is 10.2. The highest BCUT2D eigenvalue weighted by molar-refractivity contribution is 5.97. The van der Waals surface area contributed by atoms with Crippen molar-refractivity contribution in [2.24, 2.45) is 10.9 Å². The number of oxime groups is 1. The van der Waals surface area contributed by atoms with Gasteiger partial charge >= 0.3 is 5.69 Å². The minimum absolute atomic E-state index is 0.175. The van der Waals surface area contributed by atoms with Gasteiger partial charge in [0.05, 0.1) is 18.1 Å². The molecule has 1 saturated heterocycles. The van der Waals surface area contributed by atoms with Crippen LogP contribution < -0.4 is 10.6 Å². The molecule has 0 spiro atoms. The number of hydrogen-bond acceptors (Lipinski definition) is 7. The van der Waals surface area contributed by atoms with E-state index in [0.717, 1.165) is 0 Å². The molecule has 0 atom stereocenters. The Morgan fingerprint density at radius 3 is 2.84 bits per heavy atom. The van der Waals surface area contributed by atoms with Crippen molar-refractivity contribution < 1.29 is 14.9 Å². The number of hydrogen-bond donors (Lipinski definition) is 2. The standard InChI is InChI=1S/C10H13N5O4/c11-9(13-16)7-5-8(15(17)18)10(12-6-7)14-1-3-19-4-2-14/h5-6,16H,1-4H2,(H2,11,13). The zero-order valence-electron chi connectivity index (χ0n) is 10.0. The topological polar surface area (TPSA) is 127 Å². The maximum Gasteiger partial charge on any atom is 0.312 e. The van der Waals surface area contributed by atoms with E-state index in [2.05, 4.69) is 10.1 Å². The van der Waals surface area contributed by atoms with E-state index in [9.17, 15) is 10.1 Å². The molecule has 0 aliphatic carbocycles. The predicted molar refractivity (Wildman–Crippen MR) is 66.4 cm³/mol. The average molecular weight is 267 g/mol. The van der Waals surface area contributed by atoms with Gasteiger partial charge in [0, 0.05) is 30.9 Å². The highest BCUT2D eigenvalue weighted by Gasteiger charge is 2.24. The van der Waals surface area contributed by atoms with E-state index in [-0.39, 0.29) is 22.9 Å². The number of ether oxygens (including phenoxy) is 1. The Balaban J connectivity index is 2.40. The molecule has 102 valence electrons. The normalized spacial score (nSPS) is 16.4. The molecule has 1 aliphatic heterocycles. The predicted octanol–water partition coefficient (Wildman–Crippen LogP) is -0.0791. The summed E-state index contributed by atoms with van der Waals surface area (Å²) in [6, 6.07) is 1.24. The number of amidine groups is 1. The number of nitrogens with two attached hydrogens (primary N) is 1. The Kier molecular flexibility index (Phi) is 3.76. The molecule has 1 aliphatic rings. The minimum atomic E-state index is -0.536. The van der Waals surface area contributed by atoms with Crippen LogP contribution in [0.1, 0.15) is 5.56 Å². The van der Waals surface area contributed by atoms with Gasteiger partial charge in [-0.15, -0.1) is 0 Å². The van der Waals surface area contributed by atoms with Gasteiger partial charge in [0.2, 0.25) is 5.82 Å². The molecule has 0 radical (unpaired) electrons. The molecule has 0 saturated carbocycles. The van der Waals surface area contributed by atoms with Crippen molar-refractivity contribution in [2.45, 2.75) is 0 Å². The van der Waals surface area contributed by atoms with Crippen molar-refractivity contribution in [1.29, 1.82) is 0 Å². The first-order valence-electron chi connectivity index (χ1n) is 5.58. The second kappa shape index (κ2) is 5.48. The first kappa shape index (κ1) is 13.0. The monoisotopic (exact) mass is 267 g/mol. The summed E-state index contributed by atoms with van der Waals surface area (Å²) in [4.78, 5) is 16.4. The maximum atomic E-state index is 11.1. The van der Waals surface area contributed by atoms with Crippen LogP contribution in [-0.2, 0) is 4.74 Å². The smallest absolute Gasteiger partial charge is 0.312 e. The first-order valence-corrected chi connectivity index (χ1v) is 5.58. The second-order valence-electron chi connectivity index (χ2n) is 3.91. The van der Waals surface area contributed by atoms with Gasteiger partial charge in [-0.25, -0.2) is 4.98 Å². The lowest BCUT2D eigenvalue weighted by Gasteiger charge is -2.27. The van der Waals surface area contributed by atoms with Crippen molar-refractivity contribution in [2.75, 3.05) is 31.2 Å². The lowest BCUT2D eigenvalue weighted by molar-refractivity contribution is -0.384. The summed E-state index contributed by atoms with van der Waals surface area (Å²) >= 11 is 0. The molecule has 1 fully saturated rings. The van der Waals surface area contributed by atoms with Crippen LogP contribution >= 0.6 is 0 Å². The van der Waals surface area contributed by atoms with Crippen molar-refractivity contribution in [3.05, 3.63) is 27.9 Å². The fourth-order valence-electron chi connectivity index (χ4n) is 1.80. The molecular formula is C10H13N5O4. The van der Waals surface area contributed by atoms with Crippen molar-refractivity contribution in [3.63, 3.8) is 0 Å². The average Bonchev–Trinajstić information content (AvgIpc) is 2.46. The third kappa shape index (κ3) is 2.71. The van der Waals surface area contributed by atoms with Crippen LogP contribution in [0.3, 0.4) is 0 Å². The third-order valence-corrected chi connectivity index (χ3v) is 2.76. The van der Waals surface area contributed by atoms with Crippen LogP contribution in [0.15, 0.2) is 17.4 Å². The van der Waals surface area contributed by atoms with Gasteiger partial charge in [0.15, 0.2) is 5.84 Å². The third-order valence-electron chi connectivity index (χ3n) is 2.76. The molecule has 0 aromatic carbocycles. The molecule has 2 rings (SSSR count). The number of morpholine rings is 1. The quantitative estimate of drug-likeness (QED) is 0.258. The molecular weight excluding hydrogens is 254 g/mol. The van der Waals surface area contributed by atoms with E-state index >= 15 is 0 Å². The van der Waals surface area contributed by atoms with Crippen LogP contribution in [0, 0.1) is 10.1 Å². The van der Waals surface area contributed by atoms with Gasteiger partial charge in [-0.05, 0) is 0 Å². The fraction of sp³-hybridized carbons (Fsp3) is 0.400. The molecule has 1 aromatic rings. The Bertz CT molecular complexity index is 513. The van der Waals surface area contributed by atoms with Crippen LogP contribution in [-0.4, -0.2) is 47.3 Å². The molecule has 9 heteroatoms. The summed E-state index contributed by atoms with van der Waals surface area (Å²) in [6.07, 6.45) is 1.34. The lowest BCUT2D eigenvalue weighted by Crippen LogP contribution is -2.37. The number of nitrogens with zero attached hydrogens (tertiary/aromatic N) is 4. The zero-order valence-corrected chi connectivity index (χ0v) is 10.0. The molecule has 0 bridgehead atoms. The zero-order chi connectivity index (χ0) is 13.8. The summed E-state index contributed by atoms with van der Waals surface area (Å²) in [7, 11) is 0. The van der Waals surface area contributed by atoms with E-state index in [4.69, 9.17) is 15.7 Å². The molecule has 1 aromatic heterocycles. The van der Waals surface area contributed by atoms with Crippen molar-refractivity contribution in [1.82, 2.24) is 4.98 Å². The molecule has 19 heavy (non-hydrogen) atoms. The minimum Gasteiger partial charge on any atom is -0.409 e. The fourth-order valence-corrected chi connectivity index (χ4v) is 1.80. The SMILES string of the molecule is NC(=NO)c1cnc(N2CCOCC2)c([N+](=O)[O-])c1. The van der Waals surface area contributed by atoms with E-state index < -0.39 is 4.92 Å². The molecule has 0 unspecified atom stereocenters. The highest BCUT2D eigenvalue weighted by Crippen LogP contribution is 2.27. The Hall–Kier alpha value is -2.42. The largest absolute Gasteiger partial charge is 0.409 e. The van der Waals surface area contributed by atoms with Crippen molar-refractivity contribution >= 4 is 17.3 Å².